The Hall–Kier alpha value is -3.27. The Morgan fingerprint density at radius 2 is 1.59 bits per heavy atom. The molecule has 6 rings (SSSR count). The van der Waals surface area contributed by atoms with E-state index in [2.05, 4.69) is 15.5 Å². The molecule has 4 fully saturated rings. The van der Waals surface area contributed by atoms with E-state index in [1.54, 1.807) is 48.8 Å². The lowest BCUT2D eigenvalue weighted by Crippen LogP contribution is -2.50. The molecular weight excluding hydrogens is 522 g/mol. The topological polar surface area (TPSA) is 149 Å². The van der Waals surface area contributed by atoms with E-state index >= 15 is 0 Å². The summed E-state index contributed by atoms with van der Waals surface area (Å²) in [5.74, 6) is -0.00926. The second-order valence-electron chi connectivity index (χ2n) is 12.8. The molecule has 4 bridgehead atoms. The van der Waals surface area contributed by atoms with Gasteiger partial charge in [0, 0.05) is 18.1 Å². The molecule has 2 atom stereocenters. The predicted molar refractivity (Wildman–Crippen MR) is 157 cm³/mol. The minimum absolute atomic E-state index is 0.0730. The van der Waals surface area contributed by atoms with Crippen LogP contribution in [0.5, 0.6) is 0 Å². The number of primary amides is 1. The Labute approximate surface area is 240 Å². The largest absolute Gasteiger partial charge is 0.478 e. The average Bonchev–Trinajstić information content (AvgIpc) is 2.93. The number of fused-ring (bicyclic) bond motifs is 5. The number of piperidine rings is 2. The third kappa shape index (κ3) is 6.63. The molecule has 1 amide bonds. The summed E-state index contributed by atoms with van der Waals surface area (Å²) in [5, 5.41) is 16.5. The lowest BCUT2D eigenvalue weighted by atomic mass is 9.72. The van der Waals surface area contributed by atoms with Gasteiger partial charge in [-0.2, -0.15) is 0 Å². The van der Waals surface area contributed by atoms with Crippen molar-refractivity contribution in [2.45, 2.75) is 115 Å². The quantitative estimate of drug-likeness (QED) is 0.349. The smallest absolute Gasteiger partial charge is 0.350 e. The van der Waals surface area contributed by atoms with E-state index in [1.807, 2.05) is 12.1 Å². The van der Waals surface area contributed by atoms with Crippen LogP contribution in [0.4, 0.5) is 0 Å². The Bertz CT molecular complexity index is 1340. The maximum absolute atomic E-state index is 13.6. The number of carboxylic acid groups (broad SMARTS) is 1. The van der Waals surface area contributed by atoms with Gasteiger partial charge in [-0.3, -0.25) is 9.59 Å². The van der Waals surface area contributed by atoms with Gasteiger partial charge < -0.3 is 25.6 Å². The Morgan fingerprint density at radius 3 is 2.15 bits per heavy atom. The number of carbonyl (C=O) groups is 2. The zero-order chi connectivity index (χ0) is 29.1. The van der Waals surface area contributed by atoms with Crippen molar-refractivity contribution in [1.29, 1.82) is 0 Å². The molecule has 222 valence electrons. The van der Waals surface area contributed by atoms with E-state index in [0.29, 0.717) is 23.1 Å². The molecule has 10 heteroatoms. The lowest BCUT2D eigenvalue weighted by Gasteiger charge is -2.41. The highest BCUT2D eigenvalue weighted by molar-refractivity contribution is 6.44. The van der Waals surface area contributed by atoms with E-state index in [0.717, 1.165) is 37.5 Å². The first-order chi connectivity index (χ1) is 19.6. The van der Waals surface area contributed by atoms with Crippen molar-refractivity contribution in [3.63, 3.8) is 0 Å². The molecule has 4 N–H and O–H groups in total. The fraction of sp³-hybridized carbons (Fsp3) is 0.645. The number of nitrogens with two attached hydrogens (primary N) is 1. The minimum atomic E-state index is -1.72. The van der Waals surface area contributed by atoms with Crippen molar-refractivity contribution in [3.8, 4) is 0 Å². The summed E-state index contributed by atoms with van der Waals surface area (Å²) >= 11 is 0. The van der Waals surface area contributed by atoms with Crippen molar-refractivity contribution in [2.24, 2.45) is 22.7 Å². The molecule has 1 aromatic carbocycles. The van der Waals surface area contributed by atoms with Crippen LogP contribution in [0.2, 0.25) is 0 Å². The molecule has 2 unspecified atom stereocenters. The number of benzene rings is 1. The first kappa shape index (κ1) is 29.2. The SMILES string of the molecule is C1CC2CCCC(C1)C2.CC(C)(O/N=C(\C(N)=O)c1nc2ccccc2n(C2CC3CCCC(C2)N3)c1=O)C(=O)O. The number of oxime groups is 1. The summed E-state index contributed by atoms with van der Waals surface area (Å²) in [6, 6.07) is 7.79. The normalized spacial score (nSPS) is 27.9. The number of aromatic nitrogens is 2. The van der Waals surface area contributed by atoms with Crippen LogP contribution in [0, 0.1) is 11.8 Å². The predicted octanol–water partition coefficient (Wildman–Crippen LogP) is 4.29. The van der Waals surface area contributed by atoms with Gasteiger partial charge >= 0.3 is 5.97 Å². The highest BCUT2D eigenvalue weighted by Gasteiger charge is 2.35. The number of nitrogens with one attached hydrogen (secondary N) is 1. The lowest BCUT2D eigenvalue weighted by molar-refractivity contribution is -0.161. The Morgan fingerprint density at radius 1 is 1.00 bits per heavy atom. The van der Waals surface area contributed by atoms with E-state index in [4.69, 9.17) is 10.6 Å². The van der Waals surface area contributed by atoms with Crippen LogP contribution >= 0.6 is 0 Å². The monoisotopic (exact) mass is 565 g/mol. The Balaban J connectivity index is 0.000000315. The molecule has 2 saturated carbocycles. The average molecular weight is 566 g/mol. The van der Waals surface area contributed by atoms with Crippen molar-refractivity contribution >= 4 is 28.6 Å². The number of aliphatic carboxylic acids is 1. The summed E-state index contributed by atoms with van der Waals surface area (Å²) < 4.78 is 1.69. The first-order valence-corrected chi connectivity index (χ1v) is 15.2. The zero-order valence-electron chi connectivity index (χ0n) is 24.2. The maximum Gasteiger partial charge on any atom is 0.350 e. The van der Waals surface area contributed by atoms with Gasteiger partial charge in [0.15, 0.2) is 11.4 Å². The number of carbonyl (C=O) groups excluding carboxylic acids is 1. The molecule has 0 spiro atoms. The Kier molecular flexibility index (Phi) is 8.77. The van der Waals surface area contributed by atoms with Gasteiger partial charge in [-0.25, -0.2) is 9.78 Å². The number of amides is 1. The number of para-hydroxylation sites is 2. The van der Waals surface area contributed by atoms with Crippen molar-refractivity contribution in [1.82, 2.24) is 14.9 Å². The van der Waals surface area contributed by atoms with Crippen LogP contribution in [0.1, 0.15) is 103 Å². The number of rotatable bonds is 6. The fourth-order valence-corrected chi connectivity index (χ4v) is 7.14. The molecule has 3 heterocycles. The van der Waals surface area contributed by atoms with Gasteiger partial charge in [-0.15, -0.1) is 0 Å². The van der Waals surface area contributed by atoms with E-state index in [-0.39, 0.29) is 11.7 Å². The molecule has 10 nitrogen and oxygen atoms in total. The van der Waals surface area contributed by atoms with E-state index in [1.165, 1.54) is 33.1 Å². The van der Waals surface area contributed by atoms with E-state index in [9.17, 15) is 19.5 Å². The number of nitrogens with zero attached hydrogens (tertiary/aromatic N) is 3. The summed E-state index contributed by atoms with van der Waals surface area (Å²) in [6.45, 7) is 2.55. The second-order valence-corrected chi connectivity index (χ2v) is 12.8. The van der Waals surface area contributed by atoms with Crippen LogP contribution < -0.4 is 16.6 Å². The number of carboxylic acids is 1. The second kappa shape index (κ2) is 12.3. The molecule has 4 aliphatic rings. The highest BCUT2D eigenvalue weighted by Crippen LogP contribution is 2.39. The maximum atomic E-state index is 13.6. The molecule has 1 aromatic heterocycles. The molecule has 2 aliphatic heterocycles. The van der Waals surface area contributed by atoms with Crippen molar-refractivity contribution in [2.75, 3.05) is 0 Å². The number of hydrogen-bond acceptors (Lipinski definition) is 7. The van der Waals surface area contributed by atoms with Gasteiger partial charge in [0.2, 0.25) is 5.60 Å². The van der Waals surface area contributed by atoms with Crippen LogP contribution in [-0.2, 0) is 14.4 Å². The summed E-state index contributed by atoms with van der Waals surface area (Å²) in [4.78, 5) is 46.6. The van der Waals surface area contributed by atoms with Crippen LogP contribution in [0.15, 0.2) is 34.2 Å². The zero-order valence-corrected chi connectivity index (χ0v) is 24.2. The minimum Gasteiger partial charge on any atom is -0.478 e. The van der Waals surface area contributed by atoms with Gasteiger partial charge in [0.1, 0.15) is 0 Å². The van der Waals surface area contributed by atoms with Gasteiger partial charge in [-0.05, 0) is 69.9 Å². The fourth-order valence-electron chi connectivity index (χ4n) is 7.14. The highest BCUT2D eigenvalue weighted by atomic mass is 16.7. The van der Waals surface area contributed by atoms with Gasteiger partial charge in [0.25, 0.3) is 11.5 Å². The van der Waals surface area contributed by atoms with E-state index < -0.39 is 28.7 Å². The van der Waals surface area contributed by atoms with Crippen LogP contribution in [-0.4, -0.2) is 49.9 Å². The summed E-state index contributed by atoms with van der Waals surface area (Å²) in [7, 11) is 0. The molecule has 2 saturated heterocycles. The van der Waals surface area contributed by atoms with Crippen molar-refractivity contribution < 1.29 is 19.5 Å². The van der Waals surface area contributed by atoms with Gasteiger partial charge in [-0.1, -0.05) is 62.2 Å². The molecule has 2 aliphatic carbocycles. The van der Waals surface area contributed by atoms with Crippen molar-refractivity contribution in [3.05, 3.63) is 40.3 Å². The molecular formula is C31H43N5O5. The van der Waals surface area contributed by atoms with Crippen LogP contribution in [0.25, 0.3) is 11.0 Å². The molecule has 0 radical (unpaired) electrons. The molecule has 2 aromatic rings. The summed E-state index contributed by atoms with van der Waals surface area (Å²) in [5.41, 5.74) is 3.71. The molecule has 41 heavy (non-hydrogen) atoms. The third-order valence-electron chi connectivity index (χ3n) is 9.30. The first-order valence-electron chi connectivity index (χ1n) is 15.2. The summed E-state index contributed by atoms with van der Waals surface area (Å²) in [6.07, 6.45) is 15.7. The van der Waals surface area contributed by atoms with Gasteiger partial charge in [0.05, 0.1) is 11.0 Å². The number of hydrogen-bond donors (Lipinski definition) is 3. The van der Waals surface area contributed by atoms with Crippen LogP contribution in [0.3, 0.4) is 0 Å². The third-order valence-corrected chi connectivity index (χ3v) is 9.30. The standard InChI is InChI=1S/C22H27N5O5.C9H16/c1-22(2,21(30)31)32-26-17(19(23)28)18-20(29)27(16-9-4-3-8-15(16)25-18)14-10-12-6-5-7-13(11-14)24-12;1-3-8-5-2-6-9(4-1)7-8/h3-4,8-9,12-14,24H,5-7,10-11H2,1-2H3,(H2,23,28)(H,30,31);8-9H,1-7H2/b26-17-;.